The number of nitrogens with one attached hydrogen (secondary N) is 2. The Morgan fingerprint density at radius 3 is 2.52 bits per heavy atom. The first-order valence-corrected chi connectivity index (χ1v) is 8.36. The van der Waals surface area contributed by atoms with Gasteiger partial charge in [0.25, 0.3) is 0 Å². The summed E-state index contributed by atoms with van der Waals surface area (Å²) in [5, 5.41) is 15.6. The minimum absolute atomic E-state index is 0.00925. The minimum atomic E-state index is -0.430. The summed E-state index contributed by atoms with van der Waals surface area (Å²) in [6.45, 7) is 2.63. The molecule has 1 saturated carbocycles. The number of amides is 2. The van der Waals surface area contributed by atoms with Crippen molar-refractivity contribution >= 4 is 6.03 Å². The van der Waals surface area contributed by atoms with Gasteiger partial charge in [-0.2, -0.15) is 0 Å². The maximum absolute atomic E-state index is 12.3. The summed E-state index contributed by atoms with van der Waals surface area (Å²) < 4.78 is 0. The fourth-order valence-corrected chi connectivity index (χ4v) is 3.38. The van der Waals surface area contributed by atoms with Gasteiger partial charge in [-0.15, -0.1) is 0 Å². The molecule has 128 valence electrons. The van der Waals surface area contributed by atoms with E-state index in [0.717, 1.165) is 25.7 Å². The Morgan fingerprint density at radius 1 is 1.30 bits per heavy atom. The quantitative estimate of drug-likeness (QED) is 0.753. The molecule has 0 spiro atoms. The molecule has 0 bridgehead atoms. The number of aliphatic hydroxyl groups excluding tert-OH is 1. The molecule has 1 aromatic carbocycles. The summed E-state index contributed by atoms with van der Waals surface area (Å²) in [5.41, 5.74) is 2.01. The number of nitrogens with zero attached hydrogens (tertiary/aromatic N) is 1. The normalized spacial score (nSPS) is 18.0. The van der Waals surface area contributed by atoms with Crippen LogP contribution in [0.1, 0.15) is 42.9 Å². The van der Waals surface area contributed by atoms with Gasteiger partial charge in [0, 0.05) is 6.54 Å². The third-order valence-corrected chi connectivity index (χ3v) is 4.87. The van der Waals surface area contributed by atoms with Gasteiger partial charge >= 0.3 is 6.03 Å². The lowest BCUT2D eigenvalue weighted by Crippen LogP contribution is -2.53. The first-order chi connectivity index (χ1) is 11.0. The van der Waals surface area contributed by atoms with Crippen LogP contribution >= 0.6 is 0 Å². The Labute approximate surface area is 139 Å². The van der Waals surface area contributed by atoms with Crippen LogP contribution in [-0.4, -0.2) is 48.8 Å². The first kappa shape index (κ1) is 17.8. The van der Waals surface area contributed by atoms with Crippen molar-refractivity contribution in [3.8, 4) is 0 Å². The van der Waals surface area contributed by atoms with Crippen molar-refractivity contribution in [3.05, 3.63) is 35.4 Å². The van der Waals surface area contributed by atoms with E-state index in [-0.39, 0.29) is 18.7 Å². The molecular formula is C18H29N3O2. The summed E-state index contributed by atoms with van der Waals surface area (Å²) in [6, 6.07) is 8.17. The lowest BCUT2D eigenvalue weighted by Gasteiger charge is -2.30. The molecule has 3 N–H and O–H groups in total. The third-order valence-electron chi connectivity index (χ3n) is 4.87. The lowest BCUT2D eigenvalue weighted by atomic mass is 9.99. The molecule has 0 aromatic heterocycles. The molecule has 0 aliphatic heterocycles. The van der Waals surface area contributed by atoms with Crippen molar-refractivity contribution in [3.63, 3.8) is 0 Å². The van der Waals surface area contributed by atoms with E-state index < -0.39 is 5.54 Å². The van der Waals surface area contributed by atoms with Crippen LogP contribution in [0.15, 0.2) is 24.3 Å². The van der Waals surface area contributed by atoms with Crippen LogP contribution in [0.4, 0.5) is 4.79 Å². The predicted molar refractivity (Wildman–Crippen MR) is 92.4 cm³/mol. The molecule has 5 heteroatoms. The molecule has 23 heavy (non-hydrogen) atoms. The molecule has 1 atom stereocenters. The molecule has 1 aromatic rings. The van der Waals surface area contributed by atoms with Gasteiger partial charge in [-0.05, 0) is 45.0 Å². The molecule has 0 radical (unpaired) electrons. The van der Waals surface area contributed by atoms with Crippen molar-refractivity contribution in [2.45, 2.75) is 44.2 Å². The zero-order chi connectivity index (χ0) is 16.9. The third kappa shape index (κ3) is 4.45. The maximum Gasteiger partial charge on any atom is 0.315 e. The Kier molecular flexibility index (Phi) is 6.02. The summed E-state index contributed by atoms with van der Waals surface area (Å²) in [6.07, 6.45) is 3.83. The van der Waals surface area contributed by atoms with Crippen molar-refractivity contribution < 1.29 is 9.90 Å². The Morgan fingerprint density at radius 2 is 1.96 bits per heavy atom. The Hall–Kier alpha value is -1.59. The summed E-state index contributed by atoms with van der Waals surface area (Å²) in [4.78, 5) is 14.4. The maximum atomic E-state index is 12.3. The van der Waals surface area contributed by atoms with Gasteiger partial charge < -0.3 is 20.6 Å². The standard InChI is InChI=1S/C18H29N3O2/c1-14-8-4-5-9-15(14)16(21(2)3)12-19-17(23)20-18(13-22)10-6-7-11-18/h4-5,8-9,16,22H,6-7,10-13H2,1-3H3,(H2,19,20,23)/t16-/m0/s1. The summed E-state index contributed by atoms with van der Waals surface area (Å²) in [7, 11) is 4.03. The Balaban J connectivity index is 1.96. The monoisotopic (exact) mass is 319 g/mol. The molecule has 1 fully saturated rings. The van der Waals surface area contributed by atoms with E-state index in [0.29, 0.717) is 6.54 Å². The van der Waals surface area contributed by atoms with Gasteiger partial charge in [0.05, 0.1) is 18.2 Å². The van der Waals surface area contributed by atoms with Crippen LogP contribution in [-0.2, 0) is 0 Å². The molecule has 1 aliphatic carbocycles. The van der Waals surface area contributed by atoms with E-state index in [4.69, 9.17) is 0 Å². The zero-order valence-electron chi connectivity index (χ0n) is 14.4. The van der Waals surface area contributed by atoms with Crippen molar-refractivity contribution in [2.24, 2.45) is 0 Å². The molecule has 1 aliphatic rings. The number of hydrogen-bond acceptors (Lipinski definition) is 3. The smallest absolute Gasteiger partial charge is 0.315 e. The summed E-state index contributed by atoms with van der Waals surface area (Å²) >= 11 is 0. The average molecular weight is 319 g/mol. The highest BCUT2D eigenvalue weighted by Gasteiger charge is 2.34. The fraction of sp³-hybridized carbons (Fsp3) is 0.611. The van der Waals surface area contributed by atoms with Crippen LogP contribution in [0.5, 0.6) is 0 Å². The van der Waals surface area contributed by atoms with Crippen LogP contribution in [0.25, 0.3) is 0 Å². The highest BCUT2D eigenvalue weighted by atomic mass is 16.3. The molecule has 2 rings (SSSR count). The van der Waals surface area contributed by atoms with Gasteiger partial charge in [0.1, 0.15) is 0 Å². The first-order valence-electron chi connectivity index (χ1n) is 8.36. The molecule has 2 amide bonds. The number of hydrogen-bond donors (Lipinski definition) is 3. The zero-order valence-corrected chi connectivity index (χ0v) is 14.4. The van der Waals surface area contributed by atoms with Crippen LogP contribution in [0.2, 0.25) is 0 Å². The lowest BCUT2D eigenvalue weighted by molar-refractivity contribution is 0.161. The largest absolute Gasteiger partial charge is 0.394 e. The number of likely N-dealkylation sites (N-methyl/N-ethyl adjacent to an activating group) is 1. The second-order valence-electron chi connectivity index (χ2n) is 6.82. The van der Waals surface area contributed by atoms with E-state index >= 15 is 0 Å². The second-order valence-corrected chi connectivity index (χ2v) is 6.82. The summed E-state index contributed by atoms with van der Waals surface area (Å²) in [5.74, 6) is 0. The second kappa shape index (κ2) is 7.79. The van der Waals surface area contributed by atoms with E-state index in [1.54, 1.807) is 0 Å². The number of urea groups is 1. The SMILES string of the molecule is Cc1ccccc1[C@H](CNC(=O)NC1(CO)CCCC1)N(C)C. The topological polar surface area (TPSA) is 64.6 Å². The number of aryl methyl sites for hydroxylation is 1. The van der Waals surface area contributed by atoms with Gasteiger partial charge in [0.15, 0.2) is 0 Å². The van der Waals surface area contributed by atoms with Crippen LogP contribution in [0.3, 0.4) is 0 Å². The average Bonchev–Trinajstić information content (AvgIpc) is 2.98. The number of rotatable bonds is 6. The Bertz CT molecular complexity index is 525. The predicted octanol–water partition coefficient (Wildman–Crippen LogP) is 2.20. The van der Waals surface area contributed by atoms with E-state index in [1.165, 1.54) is 11.1 Å². The molecule has 0 saturated heterocycles. The molecule has 0 unspecified atom stereocenters. The molecule has 5 nitrogen and oxygen atoms in total. The van der Waals surface area contributed by atoms with E-state index in [9.17, 15) is 9.90 Å². The highest BCUT2D eigenvalue weighted by molar-refractivity contribution is 5.75. The van der Waals surface area contributed by atoms with E-state index in [1.807, 2.05) is 26.2 Å². The molecule has 0 heterocycles. The van der Waals surface area contributed by atoms with E-state index in [2.05, 4.69) is 34.6 Å². The number of carbonyl (C=O) groups is 1. The van der Waals surface area contributed by atoms with Crippen molar-refractivity contribution in [1.82, 2.24) is 15.5 Å². The fourth-order valence-electron chi connectivity index (χ4n) is 3.38. The van der Waals surface area contributed by atoms with Gasteiger partial charge in [-0.25, -0.2) is 4.79 Å². The number of aliphatic hydroxyl groups is 1. The van der Waals surface area contributed by atoms with Gasteiger partial charge in [-0.3, -0.25) is 0 Å². The van der Waals surface area contributed by atoms with Crippen LogP contribution < -0.4 is 10.6 Å². The van der Waals surface area contributed by atoms with Gasteiger partial charge in [-0.1, -0.05) is 37.1 Å². The van der Waals surface area contributed by atoms with Crippen molar-refractivity contribution in [1.29, 1.82) is 0 Å². The minimum Gasteiger partial charge on any atom is -0.394 e. The number of carbonyl (C=O) groups excluding carboxylic acids is 1. The van der Waals surface area contributed by atoms with Crippen molar-refractivity contribution in [2.75, 3.05) is 27.2 Å². The highest BCUT2D eigenvalue weighted by Crippen LogP contribution is 2.29. The molecular weight excluding hydrogens is 290 g/mol. The van der Waals surface area contributed by atoms with Gasteiger partial charge in [0.2, 0.25) is 0 Å². The van der Waals surface area contributed by atoms with Crippen LogP contribution in [0, 0.1) is 6.92 Å². The number of benzene rings is 1.